The normalized spacial score (nSPS) is 11.8. The lowest BCUT2D eigenvalue weighted by atomic mass is 10.2. The highest BCUT2D eigenvalue weighted by Crippen LogP contribution is 2.31. The smallest absolute Gasteiger partial charge is 0.373 e. The molecule has 84 valence electrons. The van der Waals surface area contributed by atoms with Gasteiger partial charge in [-0.3, -0.25) is 0 Å². The van der Waals surface area contributed by atoms with Gasteiger partial charge in [-0.15, -0.1) is 0 Å². The van der Waals surface area contributed by atoms with Gasteiger partial charge in [0.05, 0.1) is 0 Å². The van der Waals surface area contributed by atoms with Crippen molar-refractivity contribution >= 4 is 36.7 Å². The van der Waals surface area contributed by atoms with Crippen LogP contribution in [0.25, 0.3) is 11.0 Å². The number of hydrogen-bond donors (Lipinski definition) is 1. The molecule has 1 aromatic carbocycles. The fraction of sp³-hybridized carbons (Fsp3) is 0. The summed E-state index contributed by atoms with van der Waals surface area (Å²) in [5.74, 6) is -2.15. The third kappa shape index (κ3) is 1.66. The molecule has 0 aliphatic carbocycles. The first-order valence-electron chi connectivity index (χ1n) is 4.11. The summed E-state index contributed by atoms with van der Waals surface area (Å²) in [6.45, 7) is 0. The Morgan fingerprint density at radius 2 is 1.94 bits per heavy atom. The van der Waals surface area contributed by atoms with Crippen LogP contribution >= 0.6 is 10.7 Å². The van der Waals surface area contributed by atoms with Crippen LogP contribution in [0.5, 0.6) is 0 Å². The number of fused-ring (bicyclic) bond motifs is 1. The maximum atomic E-state index is 11.3. The van der Waals surface area contributed by atoms with Crippen molar-refractivity contribution in [3.05, 3.63) is 30.0 Å². The van der Waals surface area contributed by atoms with E-state index in [2.05, 4.69) is 0 Å². The molecule has 0 atom stereocenters. The Kier molecular flexibility index (Phi) is 2.40. The minimum Gasteiger partial charge on any atom is -0.475 e. The molecule has 2 rings (SSSR count). The predicted molar refractivity (Wildman–Crippen MR) is 56.2 cm³/mol. The average Bonchev–Trinajstić information content (AvgIpc) is 2.55. The lowest BCUT2D eigenvalue weighted by Gasteiger charge is -1.93. The van der Waals surface area contributed by atoms with Crippen LogP contribution in [0, 0.1) is 0 Å². The van der Waals surface area contributed by atoms with E-state index in [0.29, 0.717) is 0 Å². The number of aromatic carboxylic acids is 1. The summed E-state index contributed by atoms with van der Waals surface area (Å²) in [5, 5.41) is 8.98. The summed E-state index contributed by atoms with van der Waals surface area (Å²) < 4.78 is 27.5. The molecule has 1 aromatic heterocycles. The Balaban J connectivity index is 2.97. The van der Waals surface area contributed by atoms with E-state index in [1.54, 1.807) is 12.1 Å². The largest absolute Gasteiger partial charge is 0.475 e. The quantitative estimate of drug-likeness (QED) is 0.836. The molecular weight excluding hydrogens is 256 g/mol. The monoisotopic (exact) mass is 260 g/mol. The van der Waals surface area contributed by atoms with Crippen LogP contribution in [0.1, 0.15) is 10.6 Å². The van der Waals surface area contributed by atoms with Gasteiger partial charge in [-0.1, -0.05) is 12.1 Å². The van der Waals surface area contributed by atoms with Gasteiger partial charge in [0.1, 0.15) is 10.5 Å². The number of carboxylic acids is 1. The first kappa shape index (κ1) is 11.0. The van der Waals surface area contributed by atoms with Gasteiger partial charge >= 0.3 is 5.97 Å². The Morgan fingerprint density at radius 3 is 2.50 bits per heavy atom. The molecule has 0 saturated carbocycles. The van der Waals surface area contributed by atoms with Crippen LogP contribution < -0.4 is 0 Å². The van der Waals surface area contributed by atoms with Crippen LogP contribution in [0.2, 0.25) is 0 Å². The summed E-state index contributed by atoms with van der Waals surface area (Å²) in [7, 11) is 1.01. The molecule has 5 nitrogen and oxygen atoms in total. The predicted octanol–water partition coefficient (Wildman–Crippen LogP) is 2.06. The second kappa shape index (κ2) is 3.50. The number of furan rings is 1. The van der Waals surface area contributed by atoms with Crippen LogP contribution in [0.4, 0.5) is 0 Å². The maximum absolute atomic E-state index is 11.3. The number of carboxylic acid groups (broad SMARTS) is 1. The Morgan fingerprint density at radius 1 is 1.31 bits per heavy atom. The molecule has 7 heteroatoms. The molecule has 0 saturated heterocycles. The molecule has 0 radical (unpaired) electrons. The summed E-state index contributed by atoms with van der Waals surface area (Å²) in [4.78, 5) is 10.3. The Bertz CT molecular complexity index is 670. The van der Waals surface area contributed by atoms with E-state index < -0.39 is 25.7 Å². The molecule has 0 bridgehead atoms. The SMILES string of the molecule is O=C(O)c1oc2ccccc2c1S(=O)(=O)Cl. The highest BCUT2D eigenvalue weighted by Gasteiger charge is 2.28. The molecular formula is C9H5ClO5S. The van der Waals surface area contributed by atoms with Gasteiger partial charge in [0.25, 0.3) is 9.05 Å². The van der Waals surface area contributed by atoms with Gasteiger partial charge in [0.15, 0.2) is 0 Å². The summed E-state index contributed by atoms with van der Waals surface area (Å²) in [6, 6.07) is 6.06. The van der Waals surface area contributed by atoms with Crippen molar-refractivity contribution in [2.45, 2.75) is 4.90 Å². The molecule has 0 unspecified atom stereocenters. The van der Waals surface area contributed by atoms with Crippen molar-refractivity contribution in [2.75, 3.05) is 0 Å². The summed E-state index contributed by atoms with van der Waals surface area (Å²) in [6.07, 6.45) is 0. The topological polar surface area (TPSA) is 84.6 Å². The van der Waals surface area contributed by atoms with Gasteiger partial charge in [0, 0.05) is 16.1 Å². The Labute approximate surface area is 94.7 Å². The van der Waals surface area contributed by atoms with Gasteiger partial charge in [0.2, 0.25) is 5.76 Å². The van der Waals surface area contributed by atoms with Crippen LogP contribution in [0.15, 0.2) is 33.6 Å². The third-order valence-electron chi connectivity index (χ3n) is 1.99. The van der Waals surface area contributed by atoms with E-state index in [1.807, 2.05) is 0 Å². The van der Waals surface area contributed by atoms with E-state index in [0.717, 1.165) is 0 Å². The molecule has 16 heavy (non-hydrogen) atoms. The zero-order valence-electron chi connectivity index (χ0n) is 7.68. The lowest BCUT2D eigenvalue weighted by molar-refractivity contribution is 0.0659. The average molecular weight is 261 g/mol. The number of halogens is 1. The Hall–Kier alpha value is -1.53. The van der Waals surface area contributed by atoms with Gasteiger partial charge in [-0.05, 0) is 12.1 Å². The first-order chi connectivity index (χ1) is 7.41. The van der Waals surface area contributed by atoms with E-state index in [4.69, 9.17) is 20.2 Å². The minimum absolute atomic E-state index is 0.162. The fourth-order valence-corrected chi connectivity index (χ4v) is 2.65. The highest BCUT2D eigenvalue weighted by atomic mass is 35.7. The number of para-hydroxylation sites is 1. The second-order valence-corrected chi connectivity index (χ2v) is 5.50. The summed E-state index contributed by atoms with van der Waals surface area (Å²) >= 11 is 0. The molecule has 0 aliphatic heterocycles. The van der Waals surface area contributed by atoms with Crippen molar-refractivity contribution in [3.8, 4) is 0 Å². The second-order valence-electron chi connectivity index (χ2n) is 3.00. The number of carbonyl (C=O) groups is 1. The number of benzene rings is 1. The van der Waals surface area contributed by atoms with Crippen LogP contribution in [-0.4, -0.2) is 19.5 Å². The fourth-order valence-electron chi connectivity index (χ4n) is 1.40. The zero-order valence-corrected chi connectivity index (χ0v) is 9.25. The maximum Gasteiger partial charge on any atom is 0.373 e. The molecule has 1 heterocycles. The number of hydrogen-bond acceptors (Lipinski definition) is 4. The lowest BCUT2D eigenvalue weighted by Crippen LogP contribution is -2.01. The molecule has 0 spiro atoms. The molecule has 0 amide bonds. The van der Waals surface area contributed by atoms with E-state index in [1.165, 1.54) is 12.1 Å². The van der Waals surface area contributed by atoms with Crippen LogP contribution in [-0.2, 0) is 9.05 Å². The van der Waals surface area contributed by atoms with Crippen LogP contribution in [0.3, 0.4) is 0 Å². The molecule has 2 aromatic rings. The summed E-state index contributed by atoms with van der Waals surface area (Å²) in [5.41, 5.74) is 0.166. The van der Waals surface area contributed by atoms with Crippen molar-refractivity contribution in [3.63, 3.8) is 0 Å². The van der Waals surface area contributed by atoms with Gasteiger partial charge < -0.3 is 9.52 Å². The molecule has 0 aliphatic rings. The standard InChI is InChI=1S/C9H5ClO5S/c10-16(13,14)8-5-3-1-2-4-6(5)15-7(8)9(11)12/h1-4H,(H,11,12). The molecule has 1 N–H and O–H groups in total. The zero-order chi connectivity index (χ0) is 11.9. The van der Waals surface area contributed by atoms with Gasteiger partial charge in [-0.25, -0.2) is 13.2 Å². The van der Waals surface area contributed by atoms with Crippen molar-refractivity contribution in [2.24, 2.45) is 0 Å². The number of rotatable bonds is 2. The van der Waals surface area contributed by atoms with Crippen molar-refractivity contribution < 1.29 is 22.7 Å². The van der Waals surface area contributed by atoms with E-state index in [9.17, 15) is 13.2 Å². The van der Waals surface area contributed by atoms with Crippen molar-refractivity contribution in [1.82, 2.24) is 0 Å². The minimum atomic E-state index is -4.16. The first-order valence-corrected chi connectivity index (χ1v) is 6.41. The van der Waals surface area contributed by atoms with Gasteiger partial charge in [-0.2, -0.15) is 0 Å². The molecule has 0 fully saturated rings. The highest BCUT2D eigenvalue weighted by molar-refractivity contribution is 8.14. The third-order valence-corrected chi connectivity index (χ3v) is 3.34. The van der Waals surface area contributed by atoms with E-state index >= 15 is 0 Å². The van der Waals surface area contributed by atoms with Crippen molar-refractivity contribution in [1.29, 1.82) is 0 Å². The van der Waals surface area contributed by atoms with E-state index in [-0.39, 0.29) is 11.0 Å².